The summed E-state index contributed by atoms with van der Waals surface area (Å²) in [7, 11) is 0. The van der Waals surface area contributed by atoms with Gasteiger partial charge in [-0.3, -0.25) is 4.79 Å². The molecule has 0 atom stereocenters. The second-order valence-electron chi connectivity index (χ2n) is 6.60. The van der Waals surface area contributed by atoms with E-state index >= 15 is 0 Å². The lowest BCUT2D eigenvalue weighted by atomic mass is 10.0. The zero-order valence-electron chi connectivity index (χ0n) is 14.4. The molecule has 0 bridgehead atoms. The van der Waals surface area contributed by atoms with Gasteiger partial charge < -0.3 is 19.7 Å². The Morgan fingerprint density at radius 1 is 0.962 bits per heavy atom. The van der Waals surface area contributed by atoms with Gasteiger partial charge in [0.2, 0.25) is 0 Å². The molecular weight excluding hydrogens is 352 g/mol. The van der Waals surface area contributed by atoms with Gasteiger partial charge in [-0.2, -0.15) is 0 Å². The molecule has 2 aliphatic heterocycles. The van der Waals surface area contributed by atoms with Crippen molar-refractivity contribution in [1.29, 1.82) is 0 Å². The molecular formula is C20H21ClN2O3. The van der Waals surface area contributed by atoms with Crippen molar-refractivity contribution in [3.63, 3.8) is 0 Å². The summed E-state index contributed by atoms with van der Waals surface area (Å²) in [4.78, 5) is 14.6. The van der Waals surface area contributed by atoms with E-state index in [1.807, 2.05) is 24.3 Å². The molecule has 4 rings (SSSR count). The monoisotopic (exact) mass is 372 g/mol. The van der Waals surface area contributed by atoms with Crippen LogP contribution in [-0.4, -0.2) is 38.0 Å². The number of anilines is 2. The number of amides is 1. The Bertz CT molecular complexity index is 761. The largest absolute Gasteiger partial charge is 0.371 e. The van der Waals surface area contributed by atoms with Gasteiger partial charge in [0.25, 0.3) is 5.91 Å². The first-order valence-electron chi connectivity index (χ1n) is 8.83. The first-order valence-corrected chi connectivity index (χ1v) is 9.21. The number of ether oxygens (including phenoxy) is 2. The van der Waals surface area contributed by atoms with Crippen LogP contribution in [0.3, 0.4) is 0 Å². The summed E-state index contributed by atoms with van der Waals surface area (Å²) >= 11 is 5.86. The number of piperidine rings is 1. The molecule has 0 unspecified atom stereocenters. The Balaban J connectivity index is 1.36. The van der Waals surface area contributed by atoms with E-state index in [-0.39, 0.29) is 11.7 Å². The van der Waals surface area contributed by atoms with Gasteiger partial charge in [-0.05, 0) is 48.5 Å². The Labute approximate surface area is 157 Å². The molecule has 6 heteroatoms. The summed E-state index contributed by atoms with van der Waals surface area (Å²) in [5, 5.41) is 3.52. The lowest BCUT2D eigenvalue weighted by molar-refractivity contribution is -0.169. The van der Waals surface area contributed by atoms with E-state index in [0.29, 0.717) is 23.8 Å². The topological polar surface area (TPSA) is 50.8 Å². The van der Waals surface area contributed by atoms with Gasteiger partial charge in [0, 0.05) is 47.9 Å². The van der Waals surface area contributed by atoms with Crippen LogP contribution in [0.2, 0.25) is 5.02 Å². The molecule has 2 aromatic carbocycles. The number of hydrogen-bond acceptors (Lipinski definition) is 4. The second kappa shape index (κ2) is 7.27. The minimum Gasteiger partial charge on any atom is -0.371 e. The quantitative estimate of drug-likeness (QED) is 0.886. The number of hydrogen-bond donors (Lipinski definition) is 1. The van der Waals surface area contributed by atoms with Crippen molar-refractivity contribution >= 4 is 28.9 Å². The molecule has 0 aromatic heterocycles. The van der Waals surface area contributed by atoms with Crippen molar-refractivity contribution in [2.45, 2.75) is 18.6 Å². The van der Waals surface area contributed by atoms with E-state index in [1.165, 1.54) is 0 Å². The number of rotatable bonds is 3. The first kappa shape index (κ1) is 17.3. The molecule has 2 fully saturated rings. The molecule has 2 aliphatic rings. The molecule has 0 radical (unpaired) electrons. The van der Waals surface area contributed by atoms with Gasteiger partial charge in [-0.1, -0.05) is 11.6 Å². The molecule has 2 heterocycles. The van der Waals surface area contributed by atoms with Crippen molar-refractivity contribution in [2.24, 2.45) is 0 Å². The predicted octanol–water partition coefficient (Wildman–Crippen LogP) is 3.94. The van der Waals surface area contributed by atoms with Crippen LogP contribution in [0.1, 0.15) is 23.2 Å². The van der Waals surface area contributed by atoms with Gasteiger partial charge in [0.15, 0.2) is 5.79 Å². The van der Waals surface area contributed by atoms with Crippen LogP contribution in [0.5, 0.6) is 0 Å². The van der Waals surface area contributed by atoms with Crippen molar-refractivity contribution in [3.05, 3.63) is 59.1 Å². The number of nitrogens with zero attached hydrogens (tertiary/aromatic N) is 1. The number of nitrogens with one attached hydrogen (secondary N) is 1. The smallest absolute Gasteiger partial charge is 0.255 e. The van der Waals surface area contributed by atoms with E-state index in [0.717, 1.165) is 37.3 Å². The average molecular weight is 373 g/mol. The lowest BCUT2D eigenvalue weighted by Crippen LogP contribution is -2.45. The zero-order chi connectivity index (χ0) is 18.0. The van der Waals surface area contributed by atoms with E-state index in [2.05, 4.69) is 10.2 Å². The normalized spacial score (nSPS) is 18.9. The van der Waals surface area contributed by atoms with Crippen LogP contribution in [0.25, 0.3) is 0 Å². The highest BCUT2D eigenvalue weighted by Crippen LogP contribution is 2.33. The fourth-order valence-electron chi connectivity index (χ4n) is 3.45. The fourth-order valence-corrected chi connectivity index (χ4v) is 3.58. The average Bonchev–Trinajstić information content (AvgIpc) is 3.12. The van der Waals surface area contributed by atoms with Gasteiger partial charge >= 0.3 is 0 Å². The molecule has 1 N–H and O–H groups in total. The molecule has 5 nitrogen and oxygen atoms in total. The van der Waals surface area contributed by atoms with Crippen LogP contribution < -0.4 is 10.2 Å². The molecule has 136 valence electrons. The van der Waals surface area contributed by atoms with Gasteiger partial charge in [0.05, 0.1) is 13.2 Å². The second-order valence-corrected chi connectivity index (χ2v) is 7.04. The summed E-state index contributed by atoms with van der Waals surface area (Å²) in [6, 6.07) is 14.8. The number of carbonyl (C=O) groups is 1. The molecule has 1 amide bonds. The van der Waals surface area contributed by atoms with E-state index < -0.39 is 0 Å². The highest BCUT2D eigenvalue weighted by atomic mass is 35.5. The van der Waals surface area contributed by atoms with E-state index in [9.17, 15) is 4.79 Å². The third kappa shape index (κ3) is 3.70. The van der Waals surface area contributed by atoms with Crippen LogP contribution >= 0.6 is 11.6 Å². The van der Waals surface area contributed by atoms with Crippen molar-refractivity contribution in [1.82, 2.24) is 0 Å². The van der Waals surface area contributed by atoms with Crippen LogP contribution in [0, 0.1) is 0 Å². The third-order valence-corrected chi connectivity index (χ3v) is 5.19. The molecule has 1 spiro atoms. The number of benzene rings is 2. The SMILES string of the molecule is O=C(Nc1ccc(N2CCC3(CC2)OCCO3)cc1)c1ccc(Cl)cc1. The minimum absolute atomic E-state index is 0.148. The summed E-state index contributed by atoms with van der Waals surface area (Å²) in [5.74, 6) is -0.506. The summed E-state index contributed by atoms with van der Waals surface area (Å²) < 4.78 is 11.5. The highest BCUT2D eigenvalue weighted by molar-refractivity contribution is 6.30. The summed E-state index contributed by atoms with van der Waals surface area (Å²) in [6.45, 7) is 3.19. The van der Waals surface area contributed by atoms with Gasteiger partial charge in [-0.25, -0.2) is 0 Å². The highest BCUT2D eigenvalue weighted by Gasteiger charge is 2.39. The Morgan fingerprint density at radius 3 is 2.19 bits per heavy atom. The minimum atomic E-state index is -0.358. The standard InChI is InChI=1S/C20H21ClN2O3/c21-16-3-1-15(2-4-16)19(24)22-17-5-7-18(8-6-17)23-11-9-20(10-12-23)25-13-14-26-20/h1-8H,9-14H2,(H,22,24). The van der Waals surface area contributed by atoms with Gasteiger partial charge in [-0.15, -0.1) is 0 Å². The predicted molar refractivity (Wildman–Crippen MR) is 102 cm³/mol. The lowest BCUT2D eigenvalue weighted by Gasteiger charge is -2.38. The van der Waals surface area contributed by atoms with Gasteiger partial charge in [0.1, 0.15) is 0 Å². The zero-order valence-corrected chi connectivity index (χ0v) is 15.2. The van der Waals surface area contributed by atoms with Crippen LogP contribution in [0.15, 0.2) is 48.5 Å². The fraction of sp³-hybridized carbons (Fsp3) is 0.350. The molecule has 2 saturated heterocycles. The molecule has 0 saturated carbocycles. The van der Waals surface area contributed by atoms with E-state index in [4.69, 9.17) is 21.1 Å². The maximum atomic E-state index is 12.3. The first-order chi connectivity index (χ1) is 12.6. The summed E-state index contributed by atoms with van der Waals surface area (Å²) in [6.07, 6.45) is 1.75. The van der Waals surface area contributed by atoms with Crippen molar-refractivity contribution < 1.29 is 14.3 Å². The molecule has 26 heavy (non-hydrogen) atoms. The summed E-state index contributed by atoms with van der Waals surface area (Å²) in [5.41, 5.74) is 2.49. The Hall–Kier alpha value is -2.08. The number of halogens is 1. The number of carbonyl (C=O) groups excluding carboxylic acids is 1. The Morgan fingerprint density at radius 2 is 1.58 bits per heavy atom. The molecule has 0 aliphatic carbocycles. The third-order valence-electron chi connectivity index (χ3n) is 4.94. The molecule has 2 aromatic rings. The van der Waals surface area contributed by atoms with Crippen LogP contribution in [0.4, 0.5) is 11.4 Å². The van der Waals surface area contributed by atoms with Crippen LogP contribution in [-0.2, 0) is 9.47 Å². The maximum Gasteiger partial charge on any atom is 0.255 e. The Kier molecular flexibility index (Phi) is 4.85. The van der Waals surface area contributed by atoms with Crippen molar-refractivity contribution in [2.75, 3.05) is 36.5 Å². The van der Waals surface area contributed by atoms with Crippen molar-refractivity contribution in [3.8, 4) is 0 Å². The van der Waals surface area contributed by atoms with E-state index in [1.54, 1.807) is 24.3 Å². The maximum absolute atomic E-state index is 12.3.